The molecule has 11 nitrogen and oxygen atoms in total. The van der Waals surface area contributed by atoms with Gasteiger partial charge >= 0.3 is 0 Å². The Morgan fingerprint density at radius 2 is 2.13 bits per heavy atom. The highest BCUT2D eigenvalue weighted by molar-refractivity contribution is 5.99. The van der Waals surface area contributed by atoms with Gasteiger partial charge in [0.2, 0.25) is 5.95 Å². The number of anilines is 3. The van der Waals surface area contributed by atoms with Crippen molar-refractivity contribution in [3.05, 3.63) is 64.0 Å². The number of nitrogens with one attached hydrogen (secondary N) is 1. The minimum Gasteiger partial charge on any atom is -0.490 e. The summed E-state index contributed by atoms with van der Waals surface area (Å²) in [6.45, 7) is 4.68. The number of likely N-dealkylation sites (N-methyl/N-ethyl adjacent to an activating group) is 1. The zero-order valence-electron chi connectivity index (χ0n) is 22.0. The first-order valence-electron chi connectivity index (χ1n) is 12.8. The third-order valence-electron chi connectivity index (χ3n) is 7.61. The first-order chi connectivity index (χ1) is 18.8. The van der Waals surface area contributed by atoms with Gasteiger partial charge in [-0.05, 0) is 45.1 Å². The molecular weight excluding hydrogens is 496 g/mol. The molecule has 6 rings (SSSR count). The maximum absolute atomic E-state index is 12.1. The Labute approximate surface area is 225 Å². The van der Waals surface area contributed by atoms with E-state index < -0.39 is 0 Å². The van der Waals surface area contributed by atoms with Gasteiger partial charge in [0.25, 0.3) is 5.69 Å². The van der Waals surface area contributed by atoms with Crippen LogP contribution < -0.4 is 15.0 Å². The Morgan fingerprint density at radius 1 is 1.28 bits per heavy atom. The Balaban J connectivity index is 1.38. The second kappa shape index (κ2) is 9.56. The quantitative estimate of drug-likeness (QED) is 0.287. The smallest absolute Gasteiger partial charge is 0.294 e. The van der Waals surface area contributed by atoms with E-state index in [-0.39, 0.29) is 16.6 Å². The number of hydrogen-bond acceptors (Lipinski definition) is 9. The van der Waals surface area contributed by atoms with Gasteiger partial charge in [-0.25, -0.2) is 9.97 Å². The minimum absolute atomic E-state index is 0.0327. The van der Waals surface area contributed by atoms with Crippen molar-refractivity contribution in [2.45, 2.75) is 25.9 Å². The molecule has 39 heavy (non-hydrogen) atoms. The molecular formula is C28H28N8O3. The van der Waals surface area contributed by atoms with Gasteiger partial charge in [-0.2, -0.15) is 5.26 Å². The third kappa shape index (κ3) is 4.28. The molecule has 2 aliphatic rings. The van der Waals surface area contributed by atoms with Crippen molar-refractivity contribution in [2.24, 2.45) is 0 Å². The highest BCUT2D eigenvalue weighted by Gasteiger charge is 2.30. The predicted molar refractivity (Wildman–Crippen MR) is 149 cm³/mol. The van der Waals surface area contributed by atoms with Gasteiger partial charge < -0.3 is 24.4 Å². The molecule has 0 bridgehead atoms. The van der Waals surface area contributed by atoms with Crippen LogP contribution in [-0.2, 0) is 6.54 Å². The van der Waals surface area contributed by atoms with E-state index in [0.29, 0.717) is 41.8 Å². The second-order valence-corrected chi connectivity index (χ2v) is 10.2. The molecule has 0 aliphatic carbocycles. The van der Waals surface area contributed by atoms with Gasteiger partial charge in [0, 0.05) is 42.3 Å². The maximum Gasteiger partial charge on any atom is 0.294 e. The van der Waals surface area contributed by atoms with Crippen molar-refractivity contribution in [2.75, 3.05) is 44.0 Å². The van der Waals surface area contributed by atoms with Crippen LogP contribution in [0.15, 0.2) is 42.7 Å². The molecule has 0 amide bonds. The lowest BCUT2D eigenvalue weighted by Crippen LogP contribution is -2.31. The van der Waals surface area contributed by atoms with Crippen molar-refractivity contribution in [1.82, 2.24) is 19.4 Å². The predicted octanol–water partition coefficient (Wildman–Crippen LogP) is 4.46. The summed E-state index contributed by atoms with van der Waals surface area (Å²) >= 11 is 0. The molecule has 1 saturated heterocycles. The van der Waals surface area contributed by atoms with Gasteiger partial charge in [0.15, 0.2) is 0 Å². The molecule has 1 N–H and O–H groups in total. The summed E-state index contributed by atoms with van der Waals surface area (Å²) in [5.74, 6) is 1.06. The van der Waals surface area contributed by atoms with Crippen LogP contribution in [0.4, 0.5) is 23.0 Å². The van der Waals surface area contributed by atoms with Crippen LogP contribution in [-0.4, -0.2) is 64.2 Å². The summed E-state index contributed by atoms with van der Waals surface area (Å²) in [7, 11) is 4.06. The van der Waals surface area contributed by atoms with Crippen LogP contribution in [0.3, 0.4) is 0 Å². The van der Waals surface area contributed by atoms with E-state index in [2.05, 4.69) is 30.7 Å². The molecule has 0 saturated carbocycles. The lowest BCUT2D eigenvalue weighted by molar-refractivity contribution is -0.384. The highest BCUT2D eigenvalue weighted by atomic mass is 16.6. The van der Waals surface area contributed by atoms with E-state index in [4.69, 9.17) is 9.72 Å². The van der Waals surface area contributed by atoms with Crippen LogP contribution in [0.1, 0.15) is 17.5 Å². The first-order valence-corrected chi connectivity index (χ1v) is 12.8. The van der Waals surface area contributed by atoms with E-state index >= 15 is 0 Å². The van der Waals surface area contributed by atoms with Gasteiger partial charge in [-0.1, -0.05) is 12.1 Å². The largest absolute Gasteiger partial charge is 0.490 e. The SMILES string of the molecule is Cc1cc(N2CC[C@@H](N(C)C)C2)c([N+](=O)[O-])cc1Nc1ncc(C#N)c(-c2cn3c4c(cccc24)OCC3)n1. The number of nitro benzene ring substituents is 1. The van der Waals surface area contributed by atoms with Gasteiger partial charge in [-0.15, -0.1) is 0 Å². The normalized spacial score (nSPS) is 16.4. The van der Waals surface area contributed by atoms with E-state index in [1.54, 1.807) is 6.07 Å². The van der Waals surface area contributed by atoms with Crippen molar-refractivity contribution >= 4 is 33.9 Å². The summed E-state index contributed by atoms with van der Waals surface area (Å²) in [5, 5.41) is 26.0. The third-order valence-corrected chi connectivity index (χ3v) is 7.61. The number of ether oxygens (including phenoxy) is 1. The van der Waals surface area contributed by atoms with Crippen molar-refractivity contribution in [3.63, 3.8) is 0 Å². The number of nitriles is 1. The fraction of sp³-hybridized carbons (Fsp3) is 0.321. The number of rotatable bonds is 6. The maximum atomic E-state index is 12.1. The number of hydrogen-bond donors (Lipinski definition) is 1. The number of nitro groups is 1. The molecule has 4 heterocycles. The number of nitrogens with zero attached hydrogens (tertiary/aromatic N) is 7. The van der Waals surface area contributed by atoms with E-state index in [1.165, 1.54) is 6.20 Å². The molecule has 4 aromatic rings. The van der Waals surface area contributed by atoms with Crippen LogP contribution in [0, 0.1) is 28.4 Å². The van der Waals surface area contributed by atoms with E-state index in [1.807, 2.05) is 51.5 Å². The van der Waals surface area contributed by atoms with Gasteiger partial charge in [0.05, 0.1) is 40.1 Å². The van der Waals surface area contributed by atoms with Crippen LogP contribution in [0.25, 0.3) is 22.2 Å². The zero-order valence-corrected chi connectivity index (χ0v) is 22.0. The first kappa shape index (κ1) is 24.6. The topological polar surface area (TPSA) is 125 Å². The lowest BCUT2D eigenvalue weighted by Gasteiger charge is -2.22. The van der Waals surface area contributed by atoms with E-state index in [0.717, 1.165) is 47.3 Å². The Hall–Kier alpha value is -4.69. The molecule has 0 unspecified atom stereocenters. The number of aryl methyl sites for hydroxylation is 1. The lowest BCUT2D eigenvalue weighted by atomic mass is 10.1. The molecule has 1 atom stereocenters. The van der Waals surface area contributed by atoms with Crippen LogP contribution in [0.2, 0.25) is 0 Å². The van der Waals surface area contributed by atoms with E-state index in [9.17, 15) is 15.4 Å². The molecule has 2 aromatic carbocycles. The fourth-order valence-electron chi connectivity index (χ4n) is 5.51. The van der Waals surface area contributed by atoms with Crippen molar-refractivity contribution < 1.29 is 9.66 Å². The Morgan fingerprint density at radius 3 is 2.87 bits per heavy atom. The highest BCUT2D eigenvalue weighted by Crippen LogP contribution is 2.39. The fourth-order valence-corrected chi connectivity index (χ4v) is 5.51. The Bertz CT molecular complexity index is 1660. The minimum atomic E-state index is -0.343. The summed E-state index contributed by atoms with van der Waals surface area (Å²) in [6.07, 6.45) is 4.43. The Kier molecular flexibility index (Phi) is 6.04. The summed E-state index contributed by atoms with van der Waals surface area (Å²) in [6, 6.07) is 11.8. The molecule has 11 heteroatoms. The average molecular weight is 525 g/mol. The van der Waals surface area contributed by atoms with Crippen molar-refractivity contribution in [1.29, 1.82) is 5.26 Å². The van der Waals surface area contributed by atoms with Crippen LogP contribution >= 0.6 is 0 Å². The number of benzene rings is 2. The molecule has 0 spiro atoms. The molecule has 2 aromatic heterocycles. The molecule has 2 aliphatic heterocycles. The number of para-hydroxylation sites is 1. The standard InChI is InChI=1S/C28H28N8O3/c1-17-11-23(34-8-7-19(15-34)33(2)3)24(36(37)38)12-22(17)31-28-30-14-18(13-29)26(32-28)21-16-35-9-10-39-25-6-4-5-20(21)27(25)35/h4-6,11-12,14,16,19H,7-10,15H2,1-3H3,(H,30,31,32)/t19-/m1/s1. The second-order valence-electron chi connectivity index (χ2n) is 10.2. The number of aromatic nitrogens is 3. The van der Waals surface area contributed by atoms with Gasteiger partial charge in [-0.3, -0.25) is 10.1 Å². The summed E-state index contributed by atoms with van der Waals surface area (Å²) in [4.78, 5) is 25.0. The summed E-state index contributed by atoms with van der Waals surface area (Å²) < 4.78 is 7.94. The summed E-state index contributed by atoms with van der Waals surface area (Å²) in [5.41, 5.74) is 4.64. The monoisotopic (exact) mass is 524 g/mol. The average Bonchev–Trinajstić information content (AvgIpc) is 3.57. The van der Waals surface area contributed by atoms with Crippen molar-refractivity contribution in [3.8, 4) is 23.1 Å². The molecule has 0 radical (unpaired) electrons. The van der Waals surface area contributed by atoms with Crippen LogP contribution in [0.5, 0.6) is 5.75 Å². The molecule has 198 valence electrons. The molecule has 1 fully saturated rings. The zero-order chi connectivity index (χ0) is 27.3. The van der Waals surface area contributed by atoms with Gasteiger partial charge in [0.1, 0.15) is 24.1 Å².